The first-order valence-corrected chi connectivity index (χ1v) is 7.72. The number of amides is 1. The third-order valence-electron chi connectivity index (χ3n) is 3.28. The highest BCUT2D eigenvalue weighted by Crippen LogP contribution is 2.41. The summed E-state index contributed by atoms with van der Waals surface area (Å²) in [5.41, 5.74) is 3.06. The third kappa shape index (κ3) is 4.13. The third-order valence-corrected chi connectivity index (χ3v) is 3.59. The van der Waals surface area contributed by atoms with Crippen LogP contribution in [0.15, 0.2) is 41.5 Å². The van der Waals surface area contributed by atoms with Gasteiger partial charge in [0, 0.05) is 5.56 Å². The number of nitrogens with zero attached hydrogens (tertiary/aromatic N) is 1. The predicted molar refractivity (Wildman–Crippen MR) is 91.8 cm³/mol. The van der Waals surface area contributed by atoms with E-state index in [2.05, 4.69) is 10.5 Å². The van der Waals surface area contributed by atoms with E-state index in [1.54, 1.807) is 36.4 Å². The molecule has 0 bridgehead atoms. The SMILES string of the molecule is COc1cc(/C=N\NC(=O)COc2ccccc2Cl)cc2c1OCO2. The molecule has 0 spiro atoms. The van der Waals surface area contributed by atoms with Gasteiger partial charge in [-0.2, -0.15) is 5.10 Å². The maximum Gasteiger partial charge on any atom is 0.277 e. The standard InChI is InChI=1S/C17H15ClN2O5/c1-22-14-6-11(7-15-17(14)25-10-24-15)8-19-20-16(21)9-23-13-5-3-2-4-12(13)18/h2-8H,9-10H2,1H3,(H,20,21)/b19-8-. The van der Waals surface area contributed by atoms with Crippen molar-refractivity contribution in [1.82, 2.24) is 5.43 Å². The molecule has 0 saturated heterocycles. The number of benzene rings is 2. The summed E-state index contributed by atoms with van der Waals surface area (Å²) < 4.78 is 21.2. The Morgan fingerprint density at radius 2 is 2.16 bits per heavy atom. The van der Waals surface area contributed by atoms with E-state index in [4.69, 9.17) is 30.5 Å². The summed E-state index contributed by atoms with van der Waals surface area (Å²) in [5, 5.41) is 4.32. The lowest BCUT2D eigenvalue weighted by atomic mass is 10.2. The van der Waals surface area contributed by atoms with Crippen molar-refractivity contribution >= 4 is 23.7 Å². The number of nitrogens with one attached hydrogen (secondary N) is 1. The second-order valence-electron chi connectivity index (χ2n) is 4.97. The number of hydrazone groups is 1. The summed E-state index contributed by atoms with van der Waals surface area (Å²) in [7, 11) is 1.53. The van der Waals surface area contributed by atoms with Crippen LogP contribution < -0.4 is 24.4 Å². The van der Waals surface area contributed by atoms with E-state index in [-0.39, 0.29) is 13.4 Å². The maximum absolute atomic E-state index is 11.8. The number of hydrogen-bond donors (Lipinski definition) is 1. The number of para-hydroxylation sites is 1. The molecule has 0 atom stereocenters. The van der Waals surface area contributed by atoms with Crippen LogP contribution in [0.25, 0.3) is 0 Å². The van der Waals surface area contributed by atoms with E-state index in [0.29, 0.717) is 33.6 Å². The lowest BCUT2D eigenvalue weighted by molar-refractivity contribution is -0.123. The Kier molecular flexibility index (Phi) is 5.25. The molecule has 1 amide bonds. The van der Waals surface area contributed by atoms with Crippen LogP contribution in [0, 0.1) is 0 Å². The minimum absolute atomic E-state index is 0.141. The van der Waals surface area contributed by atoms with Gasteiger partial charge in [-0.15, -0.1) is 0 Å². The highest BCUT2D eigenvalue weighted by atomic mass is 35.5. The molecular weight excluding hydrogens is 348 g/mol. The molecule has 0 radical (unpaired) electrons. The van der Waals surface area contributed by atoms with Gasteiger partial charge in [0.2, 0.25) is 12.5 Å². The van der Waals surface area contributed by atoms with Gasteiger partial charge < -0.3 is 18.9 Å². The molecule has 1 aliphatic heterocycles. The number of rotatable bonds is 6. The number of hydrogen-bond acceptors (Lipinski definition) is 6. The molecule has 1 aliphatic rings. The largest absolute Gasteiger partial charge is 0.493 e. The Morgan fingerprint density at radius 1 is 1.32 bits per heavy atom. The van der Waals surface area contributed by atoms with E-state index < -0.39 is 5.91 Å². The molecule has 8 heteroatoms. The van der Waals surface area contributed by atoms with Crippen molar-refractivity contribution in [3.05, 3.63) is 47.0 Å². The van der Waals surface area contributed by atoms with E-state index >= 15 is 0 Å². The molecule has 1 N–H and O–H groups in total. The average molecular weight is 363 g/mol. The monoisotopic (exact) mass is 362 g/mol. The predicted octanol–water partition coefficient (Wildman–Crippen LogP) is 2.61. The second kappa shape index (κ2) is 7.76. The van der Waals surface area contributed by atoms with Crippen LogP contribution >= 0.6 is 11.6 Å². The zero-order valence-corrected chi connectivity index (χ0v) is 14.1. The smallest absolute Gasteiger partial charge is 0.277 e. The molecule has 0 saturated carbocycles. The Balaban J connectivity index is 1.56. The highest BCUT2D eigenvalue weighted by Gasteiger charge is 2.19. The van der Waals surface area contributed by atoms with Gasteiger partial charge in [0.25, 0.3) is 5.91 Å². The zero-order valence-electron chi connectivity index (χ0n) is 13.3. The zero-order chi connectivity index (χ0) is 17.6. The molecule has 2 aromatic rings. The Hall–Kier alpha value is -2.93. The lowest BCUT2D eigenvalue weighted by Gasteiger charge is -2.07. The Labute approximate surface area is 149 Å². The molecule has 0 aromatic heterocycles. The molecule has 1 heterocycles. The van der Waals surface area contributed by atoms with Crippen LogP contribution in [0.2, 0.25) is 5.02 Å². The quantitative estimate of drug-likeness (QED) is 0.631. The van der Waals surface area contributed by atoms with Crippen LogP contribution in [0.5, 0.6) is 23.0 Å². The molecule has 130 valence electrons. The fourth-order valence-corrected chi connectivity index (χ4v) is 2.33. The van der Waals surface area contributed by atoms with Crippen LogP contribution in [-0.2, 0) is 4.79 Å². The summed E-state index contributed by atoms with van der Waals surface area (Å²) in [6, 6.07) is 10.4. The van der Waals surface area contributed by atoms with Crippen LogP contribution in [0.4, 0.5) is 0 Å². The van der Waals surface area contributed by atoms with Crippen LogP contribution in [-0.4, -0.2) is 32.6 Å². The first kappa shape index (κ1) is 16.9. The van der Waals surface area contributed by atoms with Crippen molar-refractivity contribution in [1.29, 1.82) is 0 Å². The first-order valence-electron chi connectivity index (χ1n) is 7.34. The van der Waals surface area contributed by atoms with Crippen LogP contribution in [0.1, 0.15) is 5.56 Å². The van der Waals surface area contributed by atoms with E-state index in [1.807, 2.05) is 0 Å². The molecule has 0 fully saturated rings. The van der Waals surface area contributed by atoms with Gasteiger partial charge in [0.15, 0.2) is 18.1 Å². The molecule has 3 rings (SSSR count). The van der Waals surface area contributed by atoms with Gasteiger partial charge in [-0.05, 0) is 24.3 Å². The summed E-state index contributed by atoms with van der Waals surface area (Å²) in [5.74, 6) is 1.67. The average Bonchev–Trinajstić information content (AvgIpc) is 3.09. The fraction of sp³-hybridized carbons (Fsp3) is 0.176. The number of carbonyl (C=O) groups is 1. The number of fused-ring (bicyclic) bond motifs is 1. The van der Waals surface area contributed by atoms with E-state index in [0.717, 1.165) is 0 Å². The van der Waals surface area contributed by atoms with Crippen molar-refractivity contribution in [3.63, 3.8) is 0 Å². The van der Waals surface area contributed by atoms with Gasteiger partial charge in [0.05, 0.1) is 18.3 Å². The summed E-state index contributed by atoms with van der Waals surface area (Å²) >= 11 is 5.95. The summed E-state index contributed by atoms with van der Waals surface area (Å²) in [4.78, 5) is 11.8. The molecule has 2 aromatic carbocycles. The summed E-state index contributed by atoms with van der Waals surface area (Å²) in [6.07, 6.45) is 1.47. The Bertz CT molecular complexity index is 810. The van der Waals surface area contributed by atoms with Crippen molar-refractivity contribution in [2.24, 2.45) is 5.10 Å². The van der Waals surface area contributed by atoms with E-state index in [1.165, 1.54) is 13.3 Å². The number of halogens is 1. The van der Waals surface area contributed by atoms with E-state index in [9.17, 15) is 4.79 Å². The minimum Gasteiger partial charge on any atom is -0.493 e. The van der Waals surface area contributed by atoms with Crippen molar-refractivity contribution in [3.8, 4) is 23.0 Å². The normalized spacial score (nSPS) is 12.2. The molecule has 0 aliphatic carbocycles. The number of methoxy groups -OCH3 is 1. The van der Waals surface area contributed by atoms with Gasteiger partial charge in [-0.25, -0.2) is 5.43 Å². The van der Waals surface area contributed by atoms with Gasteiger partial charge in [-0.1, -0.05) is 23.7 Å². The lowest BCUT2D eigenvalue weighted by Crippen LogP contribution is -2.24. The van der Waals surface area contributed by atoms with Gasteiger partial charge >= 0.3 is 0 Å². The molecule has 7 nitrogen and oxygen atoms in total. The molecule has 25 heavy (non-hydrogen) atoms. The molecular formula is C17H15ClN2O5. The Morgan fingerprint density at radius 3 is 2.96 bits per heavy atom. The topological polar surface area (TPSA) is 78.4 Å². The van der Waals surface area contributed by atoms with Crippen LogP contribution in [0.3, 0.4) is 0 Å². The van der Waals surface area contributed by atoms with Gasteiger partial charge in [-0.3, -0.25) is 4.79 Å². The van der Waals surface area contributed by atoms with Crippen molar-refractivity contribution in [2.45, 2.75) is 0 Å². The minimum atomic E-state index is -0.413. The molecule has 0 unspecified atom stereocenters. The first-order chi connectivity index (χ1) is 12.2. The number of carbonyl (C=O) groups excluding carboxylic acids is 1. The second-order valence-corrected chi connectivity index (χ2v) is 5.38. The van der Waals surface area contributed by atoms with Crippen molar-refractivity contribution in [2.75, 3.05) is 20.5 Å². The maximum atomic E-state index is 11.8. The summed E-state index contributed by atoms with van der Waals surface area (Å²) in [6.45, 7) is -0.0616. The fourth-order valence-electron chi connectivity index (χ4n) is 2.14. The number of ether oxygens (including phenoxy) is 4. The van der Waals surface area contributed by atoms with Gasteiger partial charge in [0.1, 0.15) is 5.75 Å². The van der Waals surface area contributed by atoms with Crippen molar-refractivity contribution < 1.29 is 23.7 Å². The highest BCUT2D eigenvalue weighted by molar-refractivity contribution is 6.32.